The second-order valence-electron chi connectivity index (χ2n) is 8.12. The van der Waals surface area contributed by atoms with E-state index >= 15 is 0 Å². The first-order valence-electron chi connectivity index (χ1n) is 10.6. The van der Waals surface area contributed by atoms with Crippen LogP contribution in [0.25, 0.3) is 11.3 Å². The summed E-state index contributed by atoms with van der Waals surface area (Å²) in [6.07, 6.45) is 1.75. The summed E-state index contributed by atoms with van der Waals surface area (Å²) in [4.78, 5) is 17.3. The summed E-state index contributed by atoms with van der Waals surface area (Å²) < 4.78 is 18.9. The van der Waals surface area contributed by atoms with E-state index in [0.717, 1.165) is 48.3 Å². The number of fused-ring (bicyclic) bond motifs is 3. The van der Waals surface area contributed by atoms with Gasteiger partial charge in [0.05, 0.1) is 12.8 Å². The molecular formula is C24H25FN4O2. The molecule has 5 rings (SSSR count). The van der Waals surface area contributed by atoms with E-state index in [-0.39, 0.29) is 17.5 Å². The molecule has 1 fully saturated rings. The number of hydrogen-bond acceptors (Lipinski definition) is 4. The van der Waals surface area contributed by atoms with Crippen LogP contribution >= 0.6 is 0 Å². The monoisotopic (exact) mass is 420 g/mol. The molecule has 1 aliphatic heterocycles. The third-order valence-electron chi connectivity index (χ3n) is 6.28. The molecule has 1 aliphatic carbocycles. The smallest absolute Gasteiger partial charge is 0.272 e. The maximum atomic E-state index is 14.0. The highest BCUT2D eigenvalue weighted by Gasteiger charge is 2.29. The molecule has 2 heterocycles. The Morgan fingerprint density at radius 2 is 1.94 bits per heavy atom. The number of aromatic nitrogens is 2. The zero-order valence-corrected chi connectivity index (χ0v) is 17.5. The van der Waals surface area contributed by atoms with Crippen molar-refractivity contribution >= 4 is 5.91 Å². The number of methoxy groups -OCH3 is 1. The summed E-state index contributed by atoms with van der Waals surface area (Å²) in [5, 5.41) is 7.49. The van der Waals surface area contributed by atoms with Crippen molar-refractivity contribution in [1.29, 1.82) is 0 Å². The number of aryl methyl sites for hydroxylation is 1. The van der Waals surface area contributed by atoms with Gasteiger partial charge in [0.25, 0.3) is 5.91 Å². The van der Waals surface area contributed by atoms with Crippen molar-refractivity contribution in [3.8, 4) is 17.0 Å². The Bertz CT molecular complexity index is 1120. The molecule has 0 bridgehead atoms. The minimum atomic E-state index is -0.348. The van der Waals surface area contributed by atoms with Crippen LogP contribution in [0.15, 0.2) is 42.5 Å². The predicted molar refractivity (Wildman–Crippen MR) is 116 cm³/mol. The van der Waals surface area contributed by atoms with Crippen molar-refractivity contribution in [2.45, 2.75) is 19.4 Å². The Balaban J connectivity index is 1.24. The van der Waals surface area contributed by atoms with Crippen molar-refractivity contribution in [3.63, 3.8) is 0 Å². The third-order valence-corrected chi connectivity index (χ3v) is 6.28. The van der Waals surface area contributed by atoms with Gasteiger partial charge in [-0.05, 0) is 36.1 Å². The highest BCUT2D eigenvalue weighted by molar-refractivity contribution is 5.96. The number of H-pyrrole nitrogens is 1. The average Bonchev–Trinajstić information content (AvgIpc) is 3.24. The fraction of sp³-hybridized carbons (Fsp3) is 0.333. The number of benzene rings is 2. The molecule has 1 saturated heterocycles. The molecule has 2 aromatic carbocycles. The average molecular weight is 420 g/mol. The molecule has 3 aromatic rings. The number of hydrogen-bond donors (Lipinski definition) is 1. The minimum absolute atomic E-state index is 0.0169. The quantitative estimate of drug-likeness (QED) is 0.704. The summed E-state index contributed by atoms with van der Waals surface area (Å²) in [5.74, 6) is -0.0765. The normalized spacial score (nSPS) is 16.0. The molecule has 0 spiro atoms. The molecule has 0 unspecified atom stereocenters. The summed E-state index contributed by atoms with van der Waals surface area (Å²) in [6, 6.07) is 13.3. The van der Waals surface area contributed by atoms with Gasteiger partial charge < -0.3 is 9.64 Å². The van der Waals surface area contributed by atoms with E-state index in [1.54, 1.807) is 6.07 Å². The zero-order chi connectivity index (χ0) is 21.4. The number of carbonyl (C=O) groups excluding carboxylic acids is 1. The maximum Gasteiger partial charge on any atom is 0.272 e. The fourth-order valence-electron chi connectivity index (χ4n) is 4.57. The second kappa shape index (κ2) is 8.15. The minimum Gasteiger partial charge on any atom is -0.494 e. The Morgan fingerprint density at radius 3 is 2.71 bits per heavy atom. The lowest BCUT2D eigenvalue weighted by molar-refractivity contribution is 0.0621. The maximum absolute atomic E-state index is 14.0. The van der Waals surface area contributed by atoms with Crippen LogP contribution in [0.4, 0.5) is 4.39 Å². The van der Waals surface area contributed by atoms with Crippen molar-refractivity contribution in [3.05, 3.63) is 70.7 Å². The van der Waals surface area contributed by atoms with Crippen molar-refractivity contribution in [1.82, 2.24) is 20.0 Å². The van der Waals surface area contributed by atoms with Gasteiger partial charge in [0, 0.05) is 43.9 Å². The molecule has 0 atom stereocenters. The van der Waals surface area contributed by atoms with Crippen LogP contribution in [0.1, 0.15) is 27.2 Å². The van der Waals surface area contributed by atoms with E-state index in [1.165, 1.54) is 18.7 Å². The zero-order valence-electron chi connectivity index (χ0n) is 17.5. The molecule has 6 nitrogen and oxygen atoms in total. The Hall–Kier alpha value is -3.19. The number of piperazine rings is 1. The lowest BCUT2D eigenvalue weighted by Gasteiger charge is -2.34. The molecule has 0 radical (unpaired) electrons. The van der Waals surface area contributed by atoms with Gasteiger partial charge in [0.1, 0.15) is 5.69 Å². The Kier molecular flexibility index (Phi) is 5.19. The SMILES string of the molecule is COc1ccc(CN2CCN(C(=O)c3[nH]nc4c3CCc3ccccc3-4)CC2)cc1F. The van der Waals surface area contributed by atoms with Crippen LogP contribution in [0.5, 0.6) is 5.75 Å². The molecule has 31 heavy (non-hydrogen) atoms. The lowest BCUT2D eigenvalue weighted by atomic mass is 9.89. The third kappa shape index (κ3) is 3.70. The number of ether oxygens (including phenoxy) is 1. The van der Waals surface area contributed by atoms with Crippen LogP contribution < -0.4 is 4.74 Å². The van der Waals surface area contributed by atoms with E-state index in [1.807, 2.05) is 23.1 Å². The first-order valence-corrected chi connectivity index (χ1v) is 10.6. The summed E-state index contributed by atoms with van der Waals surface area (Å²) >= 11 is 0. The van der Waals surface area contributed by atoms with E-state index in [2.05, 4.69) is 27.2 Å². The fourth-order valence-corrected chi connectivity index (χ4v) is 4.57. The number of carbonyl (C=O) groups is 1. The topological polar surface area (TPSA) is 61.5 Å². The van der Waals surface area contributed by atoms with Gasteiger partial charge in [-0.3, -0.25) is 14.8 Å². The van der Waals surface area contributed by atoms with Gasteiger partial charge in [-0.15, -0.1) is 0 Å². The van der Waals surface area contributed by atoms with E-state index in [0.29, 0.717) is 25.3 Å². The van der Waals surface area contributed by atoms with Crippen LogP contribution in [0.2, 0.25) is 0 Å². The molecular weight excluding hydrogens is 395 g/mol. The van der Waals surface area contributed by atoms with Gasteiger partial charge in [-0.2, -0.15) is 5.10 Å². The number of amides is 1. The van der Waals surface area contributed by atoms with E-state index < -0.39 is 0 Å². The number of rotatable bonds is 4. The summed E-state index contributed by atoms with van der Waals surface area (Å²) in [7, 11) is 1.46. The van der Waals surface area contributed by atoms with Gasteiger partial charge in [0.15, 0.2) is 11.6 Å². The van der Waals surface area contributed by atoms with Crippen LogP contribution in [-0.4, -0.2) is 59.2 Å². The number of nitrogens with one attached hydrogen (secondary N) is 1. The first-order chi connectivity index (χ1) is 15.1. The standard InChI is InChI=1S/C24H25FN4O2/c1-31-21-9-6-16(14-20(21)25)15-28-10-12-29(13-11-28)24(30)23-19-8-7-17-4-2-3-5-18(17)22(19)26-27-23/h2-6,9,14H,7-8,10-13,15H2,1H3,(H,26,27). The summed E-state index contributed by atoms with van der Waals surface area (Å²) in [5.41, 5.74) is 5.86. The number of aromatic amines is 1. The predicted octanol–water partition coefficient (Wildman–Crippen LogP) is 3.28. The lowest BCUT2D eigenvalue weighted by Crippen LogP contribution is -2.48. The Labute approximate surface area is 180 Å². The van der Waals surface area contributed by atoms with E-state index in [4.69, 9.17) is 4.74 Å². The van der Waals surface area contributed by atoms with Gasteiger partial charge >= 0.3 is 0 Å². The second-order valence-corrected chi connectivity index (χ2v) is 8.12. The molecule has 1 amide bonds. The van der Waals surface area contributed by atoms with E-state index in [9.17, 15) is 9.18 Å². The summed E-state index contributed by atoms with van der Waals surface area (Å²) in [6.45, 7) is 3.43. The molecule has 1 N–H and O–H groups in total. The molecule has 2 aliphatic rings. The first kappa shape index (κ1) is 19.8. The number of nitrogens with zero attached hydrogens (tertiary/aromatic N) is 3. The largest absolute Gasteiger partial charge is 0.494 e. The highest BCUT2D eigenvalue weighted by Crippen LogP contribution is 2.33. The van der Waals surface area contributed by atoms with Crippen molar-refractivity contribution in [2.24, 2.45) is 0 Å². The molecule has 1 aromatic heterocycles. The number of halogens is 1. The highest BCUT2D eigenvalue weighted by atomic mass is 19.1. The van der Waals surface area contributed by atoms with Crippen molar-refractivity contribution < 1.29 is 13.9 Å². The molecule has 7 heteroatoms. The van der Waals surface area contributed by atoms with Crippen molar-refractivity contribution in [2.75, 3.05) is 33.3 Å². The molecule has 160 valence electrons. The molecule has 0 saturated carbocycles. The van der Waals surface area contributed by atoms with Crippen LogP contribution in [0, 0.1) is 5.82 Å². The van der Waals surface area contributed by atoms with Gasteiger partial charge in [0.2, 0.25) is 0 Å². The van der Waals surface area contributed by atoms with Crippen LogP contribution in [0.3, 0.4) is 0 Å². The van der Waals surface area contributed by atoms with Crippen LogP contribution in [-0.2, 0) is 19.4 Å². The Morgan fingerprint density at radius 1 is 1.13 bits per heavy atom. The van der Waals surface area contributed by atoms with Gasteiger partial charge in [-0.25, -0.2) is 4.39 Å². The van der Waals surface area contributed by atoms with Gasteiger partial charge in [-0.1, -0.05) is 30.3 Å².